The first-order chi connectivity index (χ1) is 8.52. The van der Waals surface area contributed by atoms with E-state index in [0.717, 1.165) is 5.57 Å². The SMILES string of the molecule is CC(C)=CCC1=C(O)c2ccccc2C(O)C1=O. The molecule has 3 nitrogen and oxygen atoms in total. The van der Waals surface area contributed by atoms with Crippen LogP contribution in [0.1, 0.15) is 37.5 Å². The molecular weight excluding hydrogens is 228 g/mol. The molecule has 1 aliphatic rings. The third-order valence-electron chi connectivity index (χ3n) is 3.06. The first-order valence-corrected chi connectivity index (χ1v) is 5.89. The van der Waals surface area contributed by atoms with E-state index in [1.165, 1.54) is 0 Å². The van der Waals surface area contributed by atoms with E-state index in [9.17, 15) is 15.0 Å². The van der Waals surface area contributed by atoms with Crippen molar-refractivity contribution in [3.8, 4) is 0 Å². The fourth-order valence-corrected chi connectivity index (χ4v) is 2.04. The van der Waals surface area contributed by atoms with Crippen LogP contribution in [0.2, 0.25) is 0 Å². The number of hydrogen-bond donors (Lipinski definition) is 2. The molecule has 1 aromatic rings. The fourth-order valence-electron chi connectivity index (χ4n) is 2.04. The topological polar surface area (TPSA) is 57.5 Å². The Kier molecular flexibility index (Phi) is 3.34. The smallest absolute Gasteiger partial charge is 0.195 e. The molecule has 1 aliphatic carbocycles. The third-order valence-corrected chi connectivity index (χ3v) is 3.06. The van der Waals surface area contributed by atoms with Crippen LogP contribution in [0.3, 0.4) is 0 Å². The number of hydrogen-bond acceptors (Lipinski definition) is 3. The van der Waals surface area contributed by atoms with Gasteiger partial charge in [0, 0.05) is 11.1 Å². The highest BCUT2D eigenvalue weighted by Gasteiger charge is 2.31. The summed E-state index contributed by atoms with van der Waals surface area (Å²) in [5.74, 6) is -0.429. The lowest BCUT2D eigenvalue weighted by Gasteiger charge is -2.22. The van der Waals surface area contributed by atoms with Crippen LogP contribution in [0.5, 0.6) is 0 Å². The van der Waals surface area contributed by atoms with E-state index < -0.39 is 11.9 Å². The van der Waals surface area contributed by atoms with Gasteiger partial charge in [0.25, 0.3) is 0 Å². The minimum Gasteiger partial charge on any atom is -0.507 e. The van der Waals surface area contributed by atoms with Crippen LogP contribution < -0.4 is 0 Å². The van der Waals surface area contributed by atoms with Crippen molar-refractivity contribution in [3.63, 3.8) is 0 Å². The zero-order valence-electron chi connectivity index (χ0n) is 10.5. The predicted molar refractivity (Wildman–Crippen MR) is 70.0 cm³/mol. The second-order valence-electron chi connectivity index (χ2n) is 4.67. The minimum atomic E-state index is -1.17. The van der Waals surface area contributed by atoms with E-state index >= 15 is 0 Å². The number of aliphatic hydroxyl groups excluding tert-OH is 2. The molecule has 1 unspecified atom stereocenters. The van der Waals surface area contributed by atoms with Gasteiger partial charge in [0.1, 0.15) is 11.9 Å². The average Bonchev–Trinajstić information content (AvgIpc) is 2.36. The molecule has 1 aromatic carbocycles. The van der Waals surface area contributed by atoms with Crippen LogP contribution >= 0.6 is 0 Å². The summed E-state index contributed by atoms with van der Waals surface area (Å²) in [4.78, 5) is 12.0. The Bertz CT molecular complexity index is 549. The number of rotatable bonds is 2. The fraction of sp³-hybridized carbons (Fsp3) is 0.267. The van der Waals surface area contributed by atoms with E-state index in [4.69, 9.17) is 0 Å². The van der Waals surface area contributed by atoms with Gasteiger partial charge in [-0.1, -0.05) is 35.9 Å². The zero-order chi connectivity index (χ0) is 13.3. The van der Waals surface area contributed by atoms with Crippen molar-refractivity contribution in [1.29, 1.82) is 0 Å². The molecule has 0 saturated heterocycles. The van der Waals surface area contributed by atoms with Crippen LogP contribution in [0.15, 0.2) is 41.5 Å². The van der Waals surface area contributed by atoms with Crippen molar-refractivity contribution in [3.05, 3.63) is 52.6 Å². The Morgan fingerprint density at radius 2 is 2.00 bits per heavy atom. The van der Waals surface area contributed by atoms with Crippen LogP contribution in [0.4, 0.5) is 0 Å². The van der Waals surface area contributed by atoms with Gasteiger partial charge in [0.15, 0.2) is 5.78 Å². The normalized spacial score (nSPS) is 18.6. The standard InChI is InChI=1S/C15H16O3/c1-9(2)7-8-12-13(16)10-5-3-4-6-11(10)14(17)15(12)18/h3-7,14,16-17H,8H2,1-2H3. The number of fused-ring (bicyclic) bond motifs is 1. The number of aliphatic hydroxyl groups is 2. The van der Waals surface area contributed by atoms with Crippen LogP contribution in [0.25, 0.3) is 5.76 Å². The number of Topliss-reactive ketones (excluding diaryl/α,β-unsaturated/α-hetero) is 1. The van der Waals surface area contributed by atoms with Gasteiger partial charge >= 0.3 is 0 Å². The largest absolute Gasteiger partial charge is 0.507 e. The first kappa shape index (κ1) is 12.6. The number of ketones is 1. The molecule has 0 saturated carbocycles. The molecule has 0 amide bonds. The van der Waals surface area contributed by atoms with Gasteiger partial charge in [0.05, 0.1) is 0 Å². The number of allylic oxidation sites excluding steroid dienone is 2. The third kappa shape index (κ3) is 2.09. The summed E-state index contributed by atoms with van der Waals surface area (Å²) in [6.45, 7) is 3.85. The van der Waals surface area contributed by atoms with Crippen LogP contribution in [0, 0.1) is 0 Å². The Balaban J connectivity index is 2.52. The Hall–Kier alpha value is -1.87. The van der Waals surface area contributed by atoms with Crippen LogP contribution in [-0.4, -0.2) is 16.0 Å². The maximum Gasteiger partial charge on any atom is 0.195 e. The zero-order valence-corrected chi connectivity index (χ0v) is 10.5. The second kappa shape index (κ2) is 4.78. The molecule has 94 valence electrons. The molecule has 0 aromatic heterocycles. The lowest BCUT2D eigenvalue weighted by molar-refractivity contribution is -0.123. The summed E-state index contributed by atoms with van der Waals surface area (Å²) in [6.07, 6.45) is 1.04. The van der Waals surface area contributed by atoms with Gasteiger partial charge < -0.3 is 10.2 Å². The predicted octanol–water partition coefficient (Wildman–Crippen LogP) is 2.93. The van der Waals surface area contributed by atoms with E-state index in [1.807, 2.05) is 19.9 Å². The van der Waals surface area contributed by atoms with Crippen molar-refractivity contribution in [2.24, 2.45) is 0 Å². The summed E-state index contributed by atoms with van der Waals surface area (Å²) in [7, 11) is 0. The maximum atomic E-state index is 12.0. The van der Waals surface area contributed by atoms with Crippen molar-refractivity contribution in [2.45, 2.75) is 26.4 Å². The molecule has 2 N–H and O–H groups in total. The molecular formula is C15H16O3. The Morgan fingerprint density at radius 1 is 1.33 bits per heavy atom. The maximum absolute atomic E-state index is 12.0. The van der Waals surface area contributed by atoms with Gasteiger partial charge in [-0.05, 0) is 25.8 Å². The van der Waals surface area contributed by atoms with Crippen molar-refractivity contribution in [2.75, 3.05) is 0 Å². The van der Waals surface area contributed by atoms with Crippen LogP contribution in [-0.2, 0) is 4.79 Å². The minimum absolute atomic E-state index is 0.0154. The van der Waals surface area contributed by atoms with Gasteiger partial charge in [-0.25, -0.2) is 0 Å². The van der Waals surface area contributed by atoms with Gasteiger partial charge in [-0.15, -0.1) is 0 Å². The van der Waals surface area contributed by atoms with Crippen molar-refractivity contribution >= 4 is 11.5 Å². The summed E-state index contributed by atoms with van der Waals surface area (Å²) in [6, 6.07) is 6.88. The van der Waals surface area contributed by atoms with E-state index in [2.05, 4.69) is 0 Å². The lowest BCUT2D eigenvalue weighted by atomic mass is 9.86. The average molecular weight is 244 g/mol. The molecule has 0 radical (unpaired) electrons. The molecule has 0 bridgehead atoms. The van der Waals surface area contributed by atoms with E-state index in [-0.39, 0.29) is 11.3 Å². The van der Waals surface area contributed by atoms with Crippen molar-refractivity contribution < 1.29 is 15.0 Å². The molecule has 2 rings (SSSR count). The highest BCUT2D eigenvalue weighted by molar-refractivity contribution is 6.07. The summed E-state index contributed by atoms with van der Waals surface area (Å²) in [5.41, 5.74) is 2.36. The summed E-state index contributed by atoms with van der Waals surface area (Å²) in [5, 5.41) is 20.1. The van der Waals surface area contributed by atoms with Gasteiger partial charge in [-0.3, -0.25) is 4.79 Å². The van der Waals surface area contributed by atoms with E-state index in [1.54, 1.807) is 24.3 Å². The molecule has 0 aliphatic heterocycles. The highest BCUT2D eigenvalue weighted by atomic mass is 16.3. The molecule has 3 heteroatoms. The molecule has 1 atom stereocenters. The van der Waals surface area contributed by atoms with E-state index in [0.29, 0.717) is 17.5 Å². The second-order valence-corrected chi connectivity index (χ2v) is 4.67. The first-order valence-electron chi connectivity index (χ1n) is 5.89. The number of carbonyl (C=O) groups excluding carboxylic acids is 1. The number of benzene rings is 1. The van der Waals surface area contributed by atoms with Gasteiger partial charge in [0.2, 0.25) is 0 Å². The Labute approximate surface area is 106 Å². The molecule has 0 fully saturated rings. The summed E-state index contributed by atoms with van der Waals surface area (Å²) >= 11 is 0. The van der Waals surface area contributed by atoms with Gasteiger partial charge in [-0.2, -0.15) is 0 Å². The molecule has 0 spiro atoms. The lowest BCUT2D eigenvalue weighted by Crippen LogP contribution is -2.21. The molecule has 0 heterocycles. The highest BCUT2D eigenvalue weighted by Crippen LogP contribution is 2.35. The number of carbonyl (C=O) groups is 1. The quantitative estimate of drug-likeness (QED) is 0.786. The monoisotopic (exact) mass is 244 g/mol. The molecule has 18 heavy (non-hydrogen) atoms. The van der Waals surface area contributed by atoms with Crippen molar-refractivity contribution in [1.82, 2.24) is 0 Å². The summed E-state index contributed by atoms with van der Waals surface area (Å²) < 4.78 is 0. The Morgan fingerprint density at radius 3 is 2.67 bits per heavy atom.